The van der Waals surface area contributed by atoms with Crippen molar-refractivity contribution >= 4 is 17.7 Å². The van der Waals surface area contributed by atoms with Gasteiger partial charge in [0.15, 0.2) is 0 Å². The van der Waals surface area contributed by atoms with Gasteiger partial charge in [0.25, 0.3) is 0 Å². The summed E-state index contributed by atoms with van der Waals surface area (Å²) in [5.74, 6) is 0.0296. The maximum absolute atomic E-state index is 11.9. The van der Waals surface area contributed by atoms with Gasteiger partial charge >= 0.3 is 0 Å². The van der Waals surface area contributed by atoms with E-state index in [4.69, 9.17) is 5.26 Å². The Morgan fingerprint density at radius 1 is 1.37 bits per heavy atom. The summed E-state index contributed by atoms with van der Waals surface area (Å²) in [6.07, 6.45) is 0. The van der Waals surface area contributed by atoms with Gasteiger partial charge in [-0.1, -0.05) is 32.9 Å². The van der Waals surface area contributed by atoms with Crippen molar-refractivity contribution in [3.8, 4) is 5.40 Å². The molecule has 0 atom stereocenters. The zero-order chi connectivity index (χ0) is 14.6. The van der Waals surface area contributed by atoms with Crippen LogP contribution in [0.2, 0.25) is 0 Å². The van der Waals surface area contributed by atoms with Crippen molar-refractivity contribution in [1.82, 2.24) is 5.32 Å². The number of rotatable bonds is 3. The molecule has 3 nitrogen and oxygen atoms in total. The van der Waals surface area contributed by atoms with Crippen LogP contribution in [0, 0.1) is 29.9 Å². The van der Waals surface area contributed by atoms with Crippen molar-refractivity contribution in [2.45, 2.75) is 46.1 Å². The minimum Gasteiger partial charge on any atom is -0.352 e. The topological polar surface area (TPSA) is 52.9 Å². The van der Waals surface area contributed by atoms with E-state index in [1.54, 1.807) is 0 Å². The Labute approximate surface area is 119 Å². The van der Waals surface area contributed by atoms with E-state index < -0.39 is 0 Å². The SMILES string of the molecule is Cc1ccc(CNC(=O)C(C)(C)C)c(C)c1SC#N. The first-order valence-corrected chi connectivity index (χ1v) is 7.02. The van der Waals surface area contributed by atoms with E-state index in [2.05, 4.69) is 10.7 Å². The molecule has 1 rings (SSSR count). The van der Waals surface area contributed by atoms with Crippen LogP contribution < -0.4 is 5.32 Å². The van der Waals surface area contributed by atoms with Crippen molar-refractivity contribution in [3.63, 3.8) is 0 Å². The maximum atomic E-state index is 11.9. The molecule has 0 unspecified atom stereocenters. The molecule has 0 aliphatic heterocycles. The molecule has 0 fully saturated rings. The number of aryl methyl sites for hydroxylation is 1. The number of benzene rings is 1. The number of amides is 1. The molecule has 1 aromatic carbocycles. The molecule has 0 aromatic heterocycles. The summed E-state index contributed by atoms with van der Waals surface area (Å²) in [6, 6.07) is 4.00. The number of nitriles is 1. The van der Waals surface area contributed by atoms with Gasteiger partial charge in [0, 0.05) is 16.9 Å². The first-order valence-electron chi connectivity index (χ1n) is 6.20. The van der Waals surface area contributed by atoms with Gasteiger partial charge in [-0.05, 0) is 42.3 Å². The maximum Gasteiger partial charge on any atom is 0.225 e. The third kappa shape index (κ3) is 4.00. The number of hydrogen-bond acceptors (Lipinski definition) is 3. The Morgan fingerprint density at radius 2 is 2.00 bits per heavy atom. The number of carbonyl (C=O) groups excluding carboxylic acids is 1. The lowest BCUT2D eigenvalue weighted by Crippen LogP contribution is -2.34. The normalized spacial score (nSPS) is 10.9. The van der Waals surface area contributed by atoms with Crippen LogP contribution >= 0.6 is 11.8 Å². The number of nitrogens with zero attached hydrogens (tertiary/aromatic N) is 1. The first kappa shape index (κ1) is 15.6. The van der Waals surface area contributed by atoms with Crippen molar-refractivity contribution in [2.24, 2.45) is 5.41 Å². The molecule has 0 aliphatic carbocycles. The molecule has 1 N–H and O–H groups in total. The lowest BCUT2D eigenvalue weighted by molar-refractivity contribution is -0.128. The summed E-state index contributed by atoms with van der Waals surface area (Å²) in [6.45, 7) is 10.2. The molecular weight excluding hydrogens is 256 g/mol. The lowest BCUT2D eigenvalue weighted by atomic mass is 9.95. The van der Waals surface area contributed by atoms with E-state index in [-0.39, 0.29) is 11.3 Å². The molecule has 1 aromatic rings. The molecule has 1 amide bonds. The van der Waals surface area contributed by atoms with E-state index in [1.807, 2.05) is 46.8 Å². The number of nitrogens with one attached hydrogen (secondary N) is 1. The summed E-state index contributed by atoms with van der Waals surface area (Å²) in [4.78, 5) is 12.8. The standard InChI is InChI=1S/C15H20N2OS/c1-10-6-7-12(11(2)13(10)19-9-16)8-17-14(18)15(3,4)5/h6-7H,8H2,1-5H3,(H,17,18). The number of thiocyanates is 1. The van der Waals surface area contributed by atoms with E-state index in [0.717, 1.165) is 21.6 Å². The van der Waals surface area contributed by atoms with Crippen LogP contribution in [0.15, 0.2) is 17.0 Å². The van der Waals surface area contributed by atoms with Crippen molar-refractivity contribution in [1.29, 1.82) is 5.26 Å². The van der Waals surface area contributed by atoms with Gasteiger partial charge in [0.1, 0.15) is 5.40 Å². The highest BCUT2D eigenvalue weighted by atomic mass is 32.2. The molecule has 0 heterocycles. The molecule has 0 radical (unpaired) electrons. The highest BCUT2D eigenvalue weighted by molar-refractivity contribution is 8.03. The Bertz CT molecular complexity index is 524. The van der Waals surface area contributed by atoms with Crippen molar-refractivity contribution in [3.05, 3.63) is 28.8 Å². The highest BCUT2D eigenvalue weighted by Crippen LogP contribution is 2.28. The number of hydrogen-bond donors (Lipinski definition) is 1. The summed E-state index contributed by atoms with van der Waals surface area (Å²) in [5.41, 5.74) is 2.83. The van der Waals surface area contributed by atoms with Crippen LogP contribution in [0.4, 0.5) is 0 Å². The number of carbonyl (C=O) groups is 1. The molecule has 0 saturated carbocycles. The van der Waals surface area contributed by atoms with Crippen LogP contribution in [0.5, 0.6) is 0 Å². The molecule has 0 aliphatic rings. The third-order valence-electron chi connectivity index (χ3n) is 2.98. The Morgan fingerprint density at radius 3 is 2.53 bits per heavy atom. The molecule has 0 spiro atoms. The van der Waals surface area contributed by atoms with Gasteiger partial charge in [-0.15, -0.1) is 0 Å². The van der Waals surface area contributed by atoms with Crippen LogP contribution in [-0.2, 0) is 11.3 Å². The first-order chi connectivity index (χ1) is 8.77. The van der Waals surface area contributed by atoms with E-state index in [0.29, 0.717) is 6.54 Å². The third-order valence-corrected chi connectivity index (χ3v) is 3.91. The quantitative estimate of drug-likeness (QED) is 0.678. The predicted molar refractivity (Wildman–Crippen MR) is 78.7 cm³/mol. The fraction of sp³-hybridized carbons (Fsp3) is 0.467. The zero-order valence-electron chi connectivity index (χ0n) is 12.1. The molecule has 19 heavy (non-hydrogen) atoms. The highest BCUT2D eigenvalue weighted by Gasteiger charge is 2.21. The summed E-state index contributed by atoms with van der Waals surface area (Å²) in [7, 11) is 0. The van der Waals surface area contributed by atoms with E-state index in [9.17, 15) is 4.79 Å². The van der Waals surface area contributed by atoms with Gasteiger partial charge in [0.05, 0.1) is 0 Å². The summed E-state index contributed by atoms with van der Waals surface area (Å²) in [5, 5.41) is 13.9. The fourth-order valence-electron chi connectivity index (χ4n) is 1.70. The smallest absolute Gasteiger partial charge is 0.225 e. The van der Waals surface area contributed by atoms with Gasteiger partial charge in [-0.25, -0.2) is 0 Å². The molecule has 0 bridgehead atoms. The van der Waals surface area contributed by atoms with E-state index >= 15 is 0 Å². The monoisotopic (exact) mass is 276 g/mol. The fourth-order valence-corrected chi connectivity index (χ4v) is 2.31. The van der Waals surface area contributed by atoms with Gasteiger partial charge in [-0.2, -0.15) is 5.26 Å². The van der Waals surface area contributed by atoms with E-state index in [1.165, 1.54) is 11.8 Å². The minimum absolute atomic E-state index is 0.0296. The second kappa shape index (κ2) is 6.12. The largest absolute Gasteiger partial charge is 0.352 e. The lowest BCUT2D eigenvalue weighted by Gasteiger charge is -2.19. The van der Waals surface area contributed by atoms with Crippen LogP contribution in [0.25, 0.3) is 0 Å². The average Bonchev–Trinajstić information content (AvgIpc) is 2.32. The van der Waals surface area contributed by atoms with Crippen LogP contribution in [0.3, 0.4) is 0 Å². The Kier molecular flexibility index (Phi) is 5.02. The van der Waals surface area contributed by atoms with Gasteiger partial charge in [0.2, 0.25) is 5.91 Å². The molecule has 0 saturated heterocycles. The van der Waals surface area contributed by atoms with Gasteiger partial charge < -0.3 is 5.32 Å². The number of thioether (sulfide) groups is 1. The molecular formula is C15H20N2OS. The summed E-state index contributed by atoms with van der Waals surface area (Å²) >= 11 is 1.18. The second-order valence-corrected chi connectivity index (χ2v) is 6.42. The molecule has 102 valence electrons. The zero-order valence-corrected chi connectivity index (χ0v) is 12.9. The van der Waals surface area contributed by atoms with Crippen LogP contribution in [-0.4, -0.2) is 5.91 Å². The van der Waals surface area contributed by atoms with Crippen molar-refractivity contribution in [2.75, 3.05) is 0 Å². The minimum atomic E-state index is -0.386. The summed E-state index contributed by atoms with van der Waals surface area (Å²) < 4.78 is 0. The van der Waals surface area contributed by atoms with Crippen molar-refractivity contribution < 1.29 is 4.79 Å². The van der Waals surface area contributed by atoms with Gasteiger partial charge in [-0.3, -0.25) is 4.79 Å². The Hall–Kier alpha value is -1.47. The average molecular weight is 276 g/mol. The predicted octanol–water partition coefficient (Wildman–Crippen LogP) is 3.54. The molecule has 4 heteroatoms. The Balaban J connectivity index is 2.89. The van der Waals surface area contributed by atoms with Crippen LogP contribution in [0.1, 0.15) is 37.5 Å². The second-order valence-electron chi connectivity index (χ2n) is 5.62.